The Bertz CT molecular complexity index is 514. The molecule has 2 heterocycles. The fourth-order valence-electron chi connectivity index (χ4n) is 1.94. The lowest BCUT2D eigenvalue weighted by atomic mass is 10.1. The van der Waals surface area contributed by atoms with E-state index in [0.717, 1.165) is 41.3 Å². The van der Waals surface area contributed by atoms with Crippen LogP contribution < -0.4 is 15.4 Å². The number of amides is 1. The van der Waals surface area contributed by atoms with E-state index in [0.29, 0.717) is 6.54 Å². The fourth-order valence-corrected chi connectivity index (χ4v) is 2.80. The van der Waals surface area contributed by atoms with Gasteiger partial charge in [-0.1, -0.05) is 11.6 Å². The zero-order valence-electron chi connectivity index (χ0n) is 11.0. The van der Waals surface area contributed by atoms with E-state index >= 15 is 0 Å². The van der Waals surface area contributed by atoms with Crippen LogP contribution in [0, 0.1) is 6.92 Å². The highest BCUT2D eigenvalue weighted by Crippen LogP contribution is 2.30. The number of alkyl halides is 2. The molecule has 110 valence electrons. The zero-order chi connectivity index (χ0) is 14.5. The van der Waals surface area contributed by atoms with Crippen molar-refractivity contribution in [3.05, 3.63) is 27.5 Å². The summed E-state index contributed by atoms with van der Waals surface area (Å²) in [5.41, 5.74) is 1.14. The van der Waals surface area contributed by atoms with Gasteiger partial charge in [0.25, 0.3) is 5.91 Å². The molecule has 0 radical (unpaired) electrons. The third-order valence-corrected chi connectivity index (χ3v) is 3.91. The van der Waals surface area contributed by atoms with Crippen molar-refractivity contribution in [2.45, 2.75) is 20.0 Å². The van der Waals surface area contributed by atoms with Crippen LogP contribution in [0.1, 0.15) is 21.0 Å². The Morgan fingerprint density at radius 3 is 3.05 bits per heavy atom. The van der Waals surface area contributed by atoms with E-state index in [1.165, 1.54) is 6.07 Å². The first-order valence-corrected chi connectivity index (χ1v) is 7.10. The maximum absolute atomic E-state index is 12.3. The van der Waals surface area contributed by atoms with Crippen molar-refractivity contribution in [2.75, 3.05) is 19.6 Å². The number of carbonyl (C=O) groups is 1. The first-order valence-electron chi connectivity index (χ1n) is 6.28. The maximum atomic E-state index is 12.3. The monoisotopic (exact) mass is 302 g/mol. The summed E-state index contributed by atoms with van der Waals surface area (Å²) in [7, 11) is 0. The highest BCUT2D eigenvalue weighted by Gasteiger charge is 2.19. The molecular weight excluding hydrogens is 286 g/mol. The Labute approximate surface area is 119 Å². The number of hydrogen-bond donors (Lipinski definition) is 2. The second-order valence-corrected chi connectivity index (χ2v) is 5.68. The number of nitrogens with one attached hydrogen (secondary N) is 2. The predicted molar refractivity (Wildman–Crippen MR) is 73.6 cm³/mol. The summed E-state index contributed by atoms with van der Waals surface area (Å²) in [5, 5.41) is 5.92. The quantitative estimate of drug-likeness (QED) is 0.821. The van der Waals surface area contributed by atoms with Crippen molar-refractivity contribution in [1.82, 2.24) is 10.6 Å². The molecular formula is C13H16F2N2O2S. The number of rotatable bonds is 5. The van der Waals surface area contributed by atoms with Crippen LogP contribution in [0.4, 0.5) is 8.78 Å². The topological polar surface area (TPSA) is 50.4 Å². The van der Waals surface area contributed by atoms with Crippen LogP contribution in [-0.4, -0.2) is 32.2 Å². The molecule has 7 heteroatoms. The van der Waals surface area contributed by atoms with Crippen LogP contribution in [0.2, 0.25) is 0 Å². The molecule has 0 aromatic carbocycles. The average molecular weight is 302 g/mol. The van der Waals surface area contributed by atoms with Crippen molar-refractivity contribution < 1.29 is 18.3 Å². The van der Waals surface area contributed by atoms with Crippen molar-refractivity contribution in [1.29, 1.82) is 0 Å². The second-order valence-electron chi connectivity index (χ2n) is 4.43. The molecule has 0 aliphatic carbocycles. The molecule has 0 fully saturated rings. The molecule has 2 N–H and O–H groups in total. The van der Waals surface area contributed by atoms with E-state index in [4.69, 9.17) is 0 Å². The van der Waals surface area contributed by atoms with Gasteiger partial charge < -0.3 is 15.4 Å². The van der Waals surface area contributed by atoms with Gasteiger partial charge in [-0.15, -0.1) is 11.3 Å². The van der Waals surface area contributed by atoms with E-state index in [9.17, 15) is 13.6 Å². The first-order chi connectivity index (χ1) is 9.56. The average Bonchev–Trinajstić information content (AvgIpc) is 2.77. The Morgan fingerprint density at radius 1 is 1.60 bits per heavy atom. The van der Waals surface area contributed by atoms with Gasteiger partial charge in [0.15, 0.2) is 0 Å². The summed E-state index contributed by atoms with van der Waals surface area (Å²) in [6, 6.07) is 1.45. The first kappa shape index (κ1) is 14.9. The van der Waals surface area contributed by atoms with Crippen LogP contribution in [0.25, 0.3) is 0 Å². The minimum absolute atomic E-state index is 0.0562. The van der Waals surface area contributed by atoms with Crippen molar-refractivity contribution in [3.8, 4) is 5.75 Å². The van der Waals surface area contributed by atoms with E-state index in [1.807, 2.05) is 6.08 Å². The van der Waals surface area contributed by atoms with E-state index in [-0.39, 0.29) is 16.5 Å². The molecule has 2 rings (SSSR count). The van der Waals surface area contributed by atoms with Gasteiger partial charge >= 0.3 is 6.61 Å². The number of halogens is 2. The molecule has 4 nitrogen and oxygen atoms in total. The summed E-state index contributed by atoms with van der Waals surface area (Å²) in [6.07, 6.45) is 2.91. The van der Waals surface area contributed by atoms with Gasteiger partial charge in [-0.05, 0) is 26.0 Å². The molecule has 0 unspecified atom stereocenters. The largest absolute Gasteiger partial charge is 0.433 e. The summed E-state index contributed by atoms with van der Waals surface area (Å²) in [6.45, 7) is 0.936. The molecule has 0 bridgehead atoms. The lowest BCUT2D eigenvalue weighted by Crippen LogP contribution is -2.29. The van der Waals surface area contributed by atoms with Gasteiger partial charge in [0.05, 0.1) is 0 Å². The van der Waals surface area contributed by atoms with Gasteiger partial charge in [-0.2, -0.15) is 8.78 Å². The van der Waals surface area contributed by atoms with Gasteiger partial charge in [0.1, 0.15) is 10.6 Å². The van der Waals surface area contributed by atoms with Crippen molar-refractivity contribution >= 4 is 17.2 Å². The van der Waals surface area contributed by atoms with Crippen LogP contribution >= 0.6 is 11.3 Å². The summed E-state index contributed by atoms with van der Waals surface area (Å²) >= 11 is 1.15. The minimum Gasteiger partial charge on any atom is -0.433 e. The fraction of sp³-hybridized carbons (Fsp3) is 0.462. The van der Waals surface area contributed by atoms with E-state index in [2.05, 4.69) is 15.4 Å². The molecule has 0 spiro atoms. The zero-order valence-corrected chi connectivity index (χ0v) is 11.9. The third-order valence-electron chi connectivity index (χ3n) is 2.88. The summed E-state index contributed by atoms with van der Waals surface area (Å²) in [5.74, 6) is -0.433. The molecule has 0 atom stereocenters. The van der Waals surface area contributed by atoms with Gasteiger partial charge in [-0.25, -0.2) is 0 Å². The Kier molecular flexibility index (Phi) is 5.08. The van der Waals surface area contributed by atoms with Gasteiger partial charge in [0, 0.05) is 18.0 Å². The molecule has 1 aromatic heterocycles. The number of hydrogen-bond acceptors (Lipinski definition) is 4. The van der Waals surface area contributed by atoms with Crippen LogP contribution in [0.3, 0.4) is 0 Å². The lowest BCUT2D eigenvalue weighted by molar-refractivity contribution is -0.0498. The van der Waals surface area contributed by atoms with Crippen molar-refractivity contribution in [3.63, 3.8) is 0 Å². The minimum atomic E-state index is -2.93. The van der Waals surface area contributed by atoms with Crippen LogP contribution in [0.5, 0.6) is 5.75 Å². The van der Waals surface area contributed by atoms with E-state index < -0.39 is 6.61 Å². The smallest absolute Gasteiger partial charge is 0.387 e. The molecule has 0 saturated heterocycles. The normalized spacial score (nSPS) is 15.1. The van der Waals surface area contributed by atoms with Crippen molar-refractivity contribution in [2.24, 2.45) is 0 Å². The second kappa shape index (κ2) is 6.81. The molecule has 1 aliphatic rings. The number of thiophene rings is 1. The number of aryl methyl sites for hydroxylation is 1. The molecule has 0 saturated carbocycles. The molecule has 20 heavy (non-hydrogen) atoms. The predicted octanol–water partition coefficient (Wildman–Crippen LogP) is 2.31. The third kappa shape index (κ3) is 4.01. The molecule has 1 amide bonds. The highest BCUT2D eigenvalue weighted by atomic mass is 32.1. The van der Waals surface area contributed by atoms with E-state index in [1.54, 1.807) is 6.92 Å². The molecule has 1 aromatic rings. The highest BCUT2D eigenvalue weighted by molar-refractivity contribution is 7.14. The van der Waals surface area contributed by atoms with Crippen LogP contribution in [0.15, 0.2) is 17.7 Å². The Morgan fingerprint density at radius 2 is 2.40 bits per heavy atom. The standard InChI is InChI=1S/C13H16F2N2O2S/c1-8-6-10(19-13(14)15)11(20-8)12(18)17-7-9-2-4-16-5-3-9/h2,6,13,16H,3-5,7H2,1H3,(H,17,18). The summed E-state index contributed by atoms with van der Waals surface area (Å²) < 4.78 is 28.9. The number of ether oxygens (including phenoxy) is 1. The SMILES string of the molecule is Cc1cc(OC(F)F)c(C(=O)NCC2=CCNCC2)s1. The maximum Gasteiger partial charge on any atom is 0.387 e. The lowest BCUT2D eigenvalue weighted by Gasteiger charge is -2.14. The number of carbonyl (C=O) groups excluding carboxylic acids is 1. The van der Waals surface area contributed by atoms with Gasteiger partial charge in [-0.3, -0.25) is 4.79 Å². The molecule has 1 aliphatic heterocycles. The van der Waals surface area contributed by atoms with Crippen LogP contribution in [-0.2, 0) is 0 Å². The van der Waals surface area contributed by atoms with Gasteiger partial charge in [0.2, 0.25) is 0 Å². The summed E-state index contributed by atoms with van der Waals surface area (Å²) in [4.78, 5) is 13.0. The Balaban J connectivity index is 1.99. The Hall–Kier alpha value is -1.47.